The molecule has 0 aliphatic heterocycles. The van der Waals surface area contributed by atoms with Crippen molar-refractivity contribution in [1.82, 2.24) is 15.0 Å². The van der Waals surface area contributed by atoms with Crippen molar-refractivity contribution in [2.75, 3.05) is 0 Å². The van der Waals surface area contributed by atoms with E-state index in [9.17, 15) is 4.79 Å². The molecule has 0 bridgehead atoms. The van der Waals surface area contributed by atoms with Crippen molar-refractivity contribution < 1.29 is 4.42 Å². The maximum Gasteiger partial charge on any atom is 0.193 e. The lowest BCUT2D eigenvalue weighted by Gasteiger charge is -2.02. The first-order chi connectivity index (χ1) is 8.65. The summed E-state index contributed by atoms with van der Waals surface area (Å²) >= 11 is 3.33. The highest BCUT2D eigenvalue weighted by atomic mass is 79.9. The van der Waals surface area contributed by atoms with Crippen molar-refractivity contribution in [2.45, 2.75) is 0 Å². The minimum Gasteiger partial charge on any atom is -0.454 e. The fraction of sp³-hybridized carbons (Fsp3) is 0.0833. The molecule has 90 valence electrons. The van der Waals surface area contributed by atoms with E-state index in [0.29, 0.717) is 22.4 Å². The summed E-state index contributed by atoms with van der Waals surface area (Å²) in [5, 5.41) is 8.12. The van der Waals surface area contributed by atoms with E-state index in [1.807, 2.05) is 6.07 Å². The molecule has 0 radical (unpaired) electrons. The van der Waals surface area contributed by atoms with Crippen LogP contribution in [0.4, 0.5) is 0 Å². The van der Waals surface area contributed by atoms with Gasteiger partial charge in [-0.3, -0.25) is 4.79 Å². The van der Waals surface area contributed by atoms with Crippen LogP contribution < -0.4 is 5.43 Å². The lowest BCUT2D eigenvalue weighted by atomic mass is 10.2. The highest BCUT2D eigenvalue weighted by Gasteiger charge is 2.10. The number of halogens is 1. The van der Waals surface area contributed by atoms with Crippen LogP contribution >= 0.6 is 15.9 Å². The number of aryl methyl sites for hydroxylation is 1. The van der Waals surface area contributed by atoms with Gasteiger partial charge in [-0.25, -0.2) is 4.68 Å². The van der Waals surface area contributed by atoms with Gasteiger partial charge in [0.15, 0.2) is 11.2 Å². The summed E-state index contributed by atoms with van der Waals surface area (Å²) in [6, 6.07) is 6.78. The van der Waals surface area contributed by atoms with Crippen LogP contribution in [0, 0.1) is 0 Å². The van der Waals surface area contributed by atoms with Crippen LogP contribution in [-0.4, -0.2) is 15.0 Å². The summed E-state index contributed by atoms with van der Waals surface area (Å²) in [6.07, 6.45) is 1.56. The van der Waals surface area contributed by atoms with Gasteiger partial charge in [0.25, 0.3) is 0 Å². The fourth-order valence-corrected chi connectivity index (χ4v) is 2.13. The first-order valence-electron chi connectivity index (χ1n) is 5.23. The lowest BCUT2D eigenvalue weighted by Crippen LogP contribution is -2.02. The zero-order valence-electron chi connectivity index (χ0n) is 9.42. The van der Waals surface area contributed by atoms with Crippen LogP contribution in [0.5, 0.6) is 0 Å². The van der Waals surface area contributed by atoms with Crippen molar-refractivity contribution >= 4 is 26.9 Å². The maximum absolute atomic E-state index is 12.0. The molecular weight excluding hydrogens is 298 g/mol. The molecule has 6 heteroatoms. The maximum atomic E-state index is 12.0. The molecule has 1 aromatic carbocycles. The van der Waals surface area contributed by atoms with E-state index < -0.39 is 0 Å². The Morgan fingerprint density at radius 2 is 2.17 bits per heavy atom. The Morgan fingerprint density at radius 3 is 2.89 bits per heavy atom. The topological polar surface area (TPSA) is 60.9 Å². The Morgan fingerprint density at radius 1 is 1.33 bits per heavy atom. The third-order valence-electron chi connectivity index (χ3n) is 2.66. The summed E-state index contributed by atoms with van der Waals surface area (Å²) in [5.74, 6) is 0.460. The van der Waals surface area contributed by atoms with Crippen LogP contribution in [0.15, 0.2) is 44.1 Å². The Bertz CT molecular complexity index is 791. The van der Waals surface area contributed by atoms with E-state index >= 15 is 0 Å². The summed E-state index contributed by atoms with van der Waals surface area (Å²) < 4.78 is 8.10. The smallest absolute Gasteiger partial charge is 0.193 e. The molecule has 0 amide bonds. The van der Waals surface area contributed by atoms with Gasteiger partial charge in [0, 0.05) is 17.6 Å². The predicted octanol–water partition coefficient (Wildman–Crippen LogP) is 2.35. The summed E-state index contributed by atoms with van der Waals surface area (Å²) in [7, 11) is 1.74. The molecule has 0 unspecified atom stereocenters. The Kier molecular flexibility index (Phi) is 2.52. The van der Waals surface area contributed by atoms with Crippen LogP contribution in [0.2, 0.25) is 0 Å². The van der Waals surface area contributed by atoms with Crippen molar-refractivity contribution in [3.05, 3.63) is 45.2 Å². The summed E-state index contributed by atoms with van der Waals surface area (Å²) in [6.45, 7) is 0. The molecule has 0 aliphatic carbocycles. The van der Waals surface area contributed by atoms with Crippen LogP contribution in [0.1, 0.15) is 0 Å². The number of aromatic nitrogens is 3. The average Bonchev–Trinajstić information content (AvgIpc) is 2.76. The first kappa shape index (κ1) is 11.2. The lowest BCUT2D eigenvalue weighted by molar-refractivity contribution is 0.604. The molecule has 0 saturated carbocycles. The number of benzene rings is 1. The molecular formula is C12H8BrN3O2. The van der Waals surface area contributed by atoms with Crippen molar-refractivity contribution in [1.29, 1.82) is 0 Å². The van der Waals surface area contributed by atoms with E-state index in [-0.39, 0.29) is 5.43 Å². The van der Waals surface area contributed by atoms with E-state index in [0.717, 1.165) is 4.47 Å². The number of hydrogen-bond donors (Lipinski definition) is 0. The minimum atomic E-state index is -0.0891. The van der Waals surface area contributed by atoms with Crippen LogP contribution in [-0.2, 0) is 7.05 Å². The van der Waals surface area contributed by atoms with E-state index in [1.165, 1.54) is 6.07 Å². The zero-order chi connectivity index (χ0) is 12.7. The van der Waals surface area contributed by atoms with E-state index in [1.54, 1.807) is 30.1 Å². The Balaban J connectivity index is 2.32. The van der Waals surface area contributed by atoms with Gasteiger partial charge >= 0.3 is 0 Å². The fourth-order valence-electron chi connectivity index (χ4n) is 1.77. The molecule has 0 N–H and O–H groups in total. The van der Waals surface area contributed by atoms with Crippen LogP contribution in [0.25, 0.3) is 22.4 Å². The molecule has 2 heterocycles. The molecule has 5 nitrogen and oxygen atoms in total. The molecule has 3 aromatic rings. The number of fused-ring (bicyclic) bond motifs is 1. The third kappa shape index (κ3) is 1.74. The third-order valence-corrected chi connectivity index (χ3v) is 3.15. The highest BCUT2D eigenvalue weighted by molar-refractivity contribution is 9.10. The molecule has 3 rings (SSSR count). The van der Waals surface area contributed by atoms with Gasteiger partial charge in [0.2, 0.25) is 0 Å². The monoisotopic (exact) mass is 305 g/mol. The molecule has 0 spiro atoms. The summed E-state index contributed by atoms with van der Waals surface area (Å²) in [5.41, 5.74) is 1.12. The van der Waals surface area contributed by atoms with Crippen molar-refractivity contribution in [3.63, 3.8) is 0 Å². The normalized spacial score (nSPS) is 11.0. The molecule has 18 heavy (non-hydrogen) atoms. The van der Waals surface area contributed by atoms with Gasteiger partial charge in [-0.2, -0.15) is 0 Å². The van der Waals surface area contributed by atoms with Gasteiger partial charge < -0.3 is 4.42 Å². The van der Waals surface area contributed by atoms with E-state index in [2.05, 4.69) is 26.2 Å². The second kappa shape index (κ2) is 4.06. The minimum absolute atomic E-state index is 0.0891. The number of hydrogen-bond acceptors (Lipinski definition) is 4. The van der Waals surface area contributed by atoms with Crippen molar-refractivity contribution in [3.8, 4) is 11.5 Å². The van der Waals surface area contributed by atoms with Gasteiger partial charge in [0.1, 0.15) is 11.3 Å². The summed E-state index contributed by atoms with van der Waals surface area (Å²) in [4.78, 5) is 12.0. The average molecular weight is 306 g/mol. The predicted molar refractivity (Wildman–Crippen MR) is 70.2 cm³/mol. The Labute approximate surface area is 110 Å². The van der Waals surface area contributed by atoms with E-state index in [4.69, 9.17) is 4.42 Å². The highest BCUT2D eigenvalue weighted by Crippen LogP contribution is 2.22. The van der Waals surface area contributed by atoms with Crippen LogP contribution in [0.3, 0.4) is 0 Å². The van der Waals surface area contributed by atoms with Crippen molar-refractivity contribution in [2.24, 2.45) is 7.05 Å². The SMILES string of the molecule is Cn1nncc1-c1cc(=O)c2cc(Br)ccc2o1. The molecule has 0 saturated heterocycles. The second-order valence-corrected chi connectivity index (χ2v) is 4.77. The first-order valence-corrected chi connectivity index (χ1v) is 6.03. The number of rotatable bonds is 1. The van der Waals surface area contributed by atoms with Gasteiger partial charge in [-0.1, -0.05) is 21.1 Å². The second-order valence-electron chi connectivity index (χ2n) is 3.86. The largest absolute Gasteiger partial charge is 0.454 e. The molecule has 0 atom stereocenters. The molecule has 0 fully saturated rings. The number of nitrogens with zero attached hydrogens (tertiary/aromatic N) is 3. The molecule has 2 aromatic heterocycles. The quantitative estimate of drug-likeness (QED) is 0.692. The van der Waals surface area contributed by atoms with Gasteiger partial charge in [-0.15, -0.1) is 5.10 Å². The molecule has 0 aliphatic rings. The Hall–Kier alpha value is -1.95. The standard InChI is InChI=1S/C12H8BrN3O2/c1-16-9(6-14-15-16)12-5-10(17)8-4-7(13)2-3-11(8)18-12/h2-6H,1H3. The van der Waals surface area contributed by atoms with Gasteiger partial charge in [-0.05, 0) is 18.2 Å². The van der Waals surface area contributed by atoms with Gasteiger partial charge in [0.05, 0.1) is 11.6 Å². The zero-order valence-corrected chi connectivity index (χ0v) is 11.0.